The second-order valence-corrected chi connectivity index (χ2v) is 10.9. The van der Waals surface area contributed by atoms with Crippen molar-refractivity contribution in [3.05, 3.63) is 70.2 Å². The maximum atomic E-state index is 14.2. The van der Waals surface area contributed by atoms with Crippen LogP contribution in [0.15, 0.2) is 48.5 Å². The number of hydrogen-bond donors (Lipinski definition) is 3. The number of nitrogen functional groups attached to an aromatic ring is 1. The maximum Gasteiger partial charge on any atom is 0.270 e. The zero-order chi connectivity index (χ0) is 28.8. The second-order valence-electron chi connectivity index (χ2n) is 10.2. The summed E-state index contributed by atoms with van der Waals surface area (Å²) < 4.78 is 9.31. The number of benzene rings is 2. The standard InChI is InChI=1S/C29H36N6O4S/c1-34(2)21-13-11-19(12-14-21)25(28(37)32-20-7-5-4-6-8-20)35(17-18-9-15-22(39-3)16-10-18)29(38)26-23(30)24(27(31)36)33-40-26/h9-16,20,25H,4-8,17,30H2,1-3H3,(H2,31,36)(H,32,37)/t25-/m1/s1. The molecule has 1 heterocycles. The third kappa shape index (κ3) is 6.53. The van der Waals surface area contributed by atoms with E-state index >= 15 is 0 Å². The summed E-state index contributed by atoms with van der Waals surface area (Å²) in [5, 5.41) is 3.20. The van der Waals surface area contributed by atoms with E-state index in [1.807, 2.05) is 55.4 Å². The predicted octanol–water partition coefficient (Wildman–Crippen LogP) is 3.73. The topological polar surface area (TPSA) is 144 Å². The van der Waals surface area contributed by atoms with E-state index in [1.165, 1.54) is 4.90 Å². The number of anilines is 2. The van der Waals surface area contributed by atoms with Crippen LogP contribution in [0.3, 0.4) is 0 Å². The molecule has 0 saturated heterocycles. The monoisotopic (exact) mass is 564 g/mol. The van der Waals surface area contributed by atoms with Crippen molar-refractivity contribution in [2.45, 2.75) is 50.7 Å². The highest BCUT2D eigenvalue weighted by Crippen LogP contribution is 2.32. The van der Waals surface area contributed by atoms with E-state index in [4.69, 9.17) is 16.2 Å². The van der Waals surface area contributed by atoms with Gasteiger partial charge in [-0.05, 0) is 59.8 Å². The van der Waals surface area contributed by atoms with Crippen LogP contribution in [-0.4, -0.2) is 54.2 Å². The van der Waals surface area contributed by atoms with Crippen LogP contribution >= 0.6 is 11.5 Å². The number of aromatic nitrogens is 1. The summed E-state index contributed by atoms with van der Waals surface area (Å²) in [4.78, 5) is 43.5. The highest BCUT2D eigenvalue weighted by molar-refractivity contribution is 7.09. The number of nitrogens with zero attached hydrogens (tertiary/aromatic N) is 3. The molecule has 3 aromatic rings. The number of ether oxygens (including phenoxy) is 1. The first kappa shape index (κ1) is 28.9. The van der Waals surface area contributed by atoms with Gasteiger partial charge in [0.25, 0.3) is 11.8 Å². The molecule has 212 valence electrons. The maximum absolute atomic E-state index is 14.2. The molecule has 4 rings (SSSR count). The molecule has 11 heteroatoms. The average molecular weight is 565 g/mol. The van der Waals surface area contributed by atoms with Gasteiger partial charge in [-0.3, -0.25) is 14.4 Å². The van der Waals surface area contributed by atoms with Crippen LogP contribution in [0.5, 0.6) is 5.75 Å². The van der Waals surface area contributed by atoms with E-state index < -0.39 is 17.9 Å². The number of hydrogen-bond acceptors (Lipinski definition) is 8. The molecule has 1 aliphatic rings. The molecule has 0 spiro atoms. The fraction of sp³-hybridized carbons (Fsp3) is 0.379. The lowest BCUT2D eigenvalue weighted by atomic mass is 9.94. The SMILES string of the molecule is COc1ccc(CN(C(=O)c2snc(C(N)=O)c2N)[C@@H](C(=O)NC2CCCCC2)c2ccc(N(C)C)cc2)cc1. The number of carbonyl (C=O) groups excluding carboxylic acids is 3. The summed E-state index contributed by atoms with van der Waals surface area (Å²) >= 11 is 0.798. The Kier molecular flexibility index (Phi) is 9.26. The van der Waals surface area contributed by atoms with E-state index in [0.29, 0.717) is 11.3 Å². The van der Waals surface area contributed by atoms with E-state index in [2.05, 4.69) is 9.69 Å². The first-order valence-electron chi connectivity index (χ1n) is 13.3. The molecule has 0 unspecified atom stereocenters. The van der Waals surface area contributed by atoms with Gasteiger partial charge in [0.05, 0.1) is 12.8 Å². The van der Waals surface area contributed by atoms with E-state index in [9.17, 15) is 14.4 Å². The molecular weight excluding hydrogens is 528 g/mol. The number of primary amides is 1. The Morgan fingerprint density at radius 2 is 1.70 bits per heavy atom. The molecule has 5 N–H and O–H groups in total. The number of nitrogens with two attached hydrogens (primary N) is 2. The van der Waals surface area contributed by atoms with E-state index in [-0.39, 0.29) is 34.8 Å². The van der Waals surface area contributed by atoms with Crippen molar-refractivity contribution in [2.75, 3.05) is 31.8 Å². The van der Waals surface area contributed by atoms with Gasteiger partial charge in [-0.15, -0.1) is 0 Å². The van der Waals surface area contributed by atoms with Crippen molar-refractivity contribution >= 4 is 40.6 Å². The van der Waals surface area contributed by atoms with Crippen LogP contribution in [0.25, 0.3) is 0 Å². The summed E-state index contributed by atoms with van der Waals surface area (Å²) in [5.41, 5.74) is 13.7. The lowest BCUT2D eigenvalue weighted by Gasteiger charge is -2.33. The van der Waals surface area contributed by atoms with Crippen LogP contribution in [0.1, 0.15) is 69.4 Å². The Morgan fingerprint density at radius 1 is 1.05 bits per heavy atom. The highest BCUT2D eigenvalue weighted by atomic mass is 32.1. The van der Waals surface area contributed by atoms with Crippen molar-refractivity contribution in [3.8, 4) is 5.75 Å². The van der Waals surface area contributed by atoms with Gasteiger partial charge in [0.1, 0.15) is 16.7 Å². The van der Waals surface area contributed by atoms with Crippen LogP contribution in [0, 0.1) is 0 Å². The molecule has 1 saturated carbocycles. The van der Waals surface area contributed by atoms with Crippen molar-refractivity contribution in [1.29, 1.82) is 0 Å². The third-order valence-corrected chi connectivity index (χ3v) is 8.02. The Bertz CT molecular complexity index is 1330. The smallest absolute Gasteiger partial charge is 0.270 e. The van der Waals surface area contributed by atoms with Crippen LogP contribution < -0.4 is 26.4 Å². The van der Waals surface area contributed by atoms with Crippen molar-refractivity contribution in [1.82, 2.24) is 14.6 Å². The molecule has 1 fully saturated rings. The Labute approximate surface area is 238 Å². The second kappa shape index (κ2) is 12.8. The summed E-state index contributed by atoms with van der Waals surface area (Å²) in [7, 11) is 5.45. The summed E-state index contributed by atoms with van der Waals surface area (Å²) in [6, 6.07) is 13.9. The van der Waals surface area contributed by atoms with Crippen molar-refractivity contribution in [2.24, 2.45) is 5.73 Å². The number of nitrogens with one attached hydrogen (secondary N) is 1. The Hall–Kier alpha value is -4.12. The zero-order valence-electron chi connectivity index (χ0n) is 23.1. The third-order valence-electron chi connectivity index (χ3n) is 7.17. The number of methoxy groups -OCH3 is 1. The first-order valence-corrected chi connectivity index (χ1v) is 14.0. The van der Waals surface area contributed by atoms with Gasteiger partial charge in [-0.25, -0.2) is 0 Å². The van der Waals surface area contributed by atoms with Gasteiger partial charge in [0.2, 0.25) is 5.91 Å². The van der Waals surface area contributed by atoms with Gasteiger partial charge < -0.3 is 31.3 Å². The van der Waals surface area contributed by atoms with Crippen LogP contribution in [0.2, 0.25) is 0 Å². The fourth-order valence-corrected chi connectivity index (χ4v) is 5.68. The zero-order valence-corrected chi connectivity index (χ0v) is 23.9. The van der Waals surface area contributed by atoms with Crippen molar-refractivity contribution in [3.63, 3.8) is 0 Å². The fourth-order valence-electron chi connectivity index (χ4n) is 4.92. The van der Waals surface area contributed by atoms with E-state index in [0.717, 1.165) is 54.9 Å². The summed E-state index contributed by atoms with van der Waals surface area (Å²) in [6.07, 6.45) is 5.04. The van der Waals surface area contributed by atoms with E-state index in [1.54, 1.807) is 19.2 Å². The Morgan fingerprint density at radius 3 is 2.25 bits per heavy atom. The largest absolute Gasteiger partial charge is 0.497 e. The molecule has 0 aliphatic heterocycles. The minimum atomic E-state index is -0.966. The van der Waals surface area contributed by atoms with Gasteiger partial charge in [-0.1, -0.05) is 43.5 Å². The normalized spacial score (nSPS) is 14.3. The number of rotatable bonds is 10. The molecule has 0 radical (unpaired) electrons. The molecule has 2 aromatic carbocycles. The molecule has 1 aliphatic carbocycles. The van der Waals surface area contributed by atoms with Crippen LogP contribution in [-0.2, 0) is 11.3 Å². The quantitative estimate of drug-likeness (QED) is 0.340. The Balaban J connectivity index is 1.79. The molecule has 1 atom stereocenters. The predicted molar refractivity (Wildman–Crippen MR) is 156 cm³/mol. The molecule has 3 amide bonds. The van der Waals surface area contributed by atoms with Crippen LogP contribution in [0.4, 0.5) is 11.4 Å². The van der Waals surface area contributed by atoms with Crippen molar-refractivity contribution < 1.29 is 19.1 Å². The lowest BCUT2D eigenvalue weighted by Crippen LogP contribution is -2.46. The minimum Gasteiger partial charge on any atom is -0.497 e. The number of amides is 3. The average Bonchev–Trinajstić information content (AvgIpc) is 3.35. The van der Waals surface area contributed by atoms with Gasteiger partial charge in [-0.2, -0.15) is 4.37 Å². The minimum absolute atomic E-state index is 0.0395. The molecule has 40 heavy (non-hydrogen) atoms. The lowest BCUT2D eigenvalue weighted by molar-refractivity contribution is -0.127. The highest BCUT2D eigenvalue weighted by Gasteiger charge is 2.36. The summed E-state index contributed by atoms with van der Waals surface area (Å²) in [5.74, 6) is -0.936. The van der Waals surface area contributed by atoms with Gasteiger partial charge in [0, 0.05) is 32.4 Å². The molecule has 0 bridgehead atoms. The molecular formula is C29H36N6O4S. The van der Waals surface area contributed by atoms with Gasteiger partial charge >= 0.3 is 0 Å². The number of carbonyl (C=O) groups is 3. The summed E-state index contributed by atoms with van der Waals surface area (Å²) in [6.45, 7) is 0.101. The first-order chi connectivity index (χ1) is 19.2. The van der Waals surface area contributed by atoms with Gasteiger partial charge in [0.15, 0.2) is 5.69 Å². The molecule has 10 nitrogen and oxygen atoms in total. The molecule has 1 aromatic heterocycles.